The normalized spacial score (nSPS) is 15.5. The molecule has 0 spiro atoms. The molecule has 0 aromatic carbocycles. The van der Waals surface area contributed by atoms with Gasteiger partial charge in [0, 0.05) is 25.9 Å². The predicted molar refractivity (Wildman–Crippen MR) is 51.2 cm³/mol. The summed E-state index contributed by atoms with van der Waals surface area (Å²) in [5, 5.41) is 10.9. The summed E-state index contributed by atoms with van der Waals surface area (Å²) in [5.74, 6) is -1.05. The largest absolute Gasteiger partial charge is 0.481 e. The molecule has 6 heteroatoms. The lowest BCUT2D eigenvalue weighted by Crippen LogP contribution is -2.40. The summed E-state index contributed by atoms with van der Waals surface area (Å²) in [6.07, 6.45) is 1.53. The first-order valence-electron chi connectivity index (χ1n) is 4.91. The number of imide groups is 1. The number of nitrogens with one attached hydrogen (secondary N) is 1. The molecule has 1 saturated heterocycles. The Bertz CT molecular complexity index is 277. The van der Waals surface area contributed by atoms with Crippen LogP contribution in [0.3, 0.4) is 0 Å². The van der Waals surface area contributed by atoms with Gasteiger partial charge in [-0.3, -0.25) is 14.5 Å². The first-order chi connectivity index (χ1) is 7.11. The molecule has 1 aliphatic heterocycles. The van der Waals surface area contributed by atoms with Crippen LogP contribution in [0.2, 0.25) is 0 Å². The lowest BCUT2D eigenvalue weighted by atomic mass is 10.3. The Morgan fingerprint density at radius 2 is 2.20 bits per heavy atom. The average molecular weight is 214 g/mol. The fourth-order valence-electron chi connectivity index (χ4n) is 1.39. The van der Waals surface area contributed by atoms with Gasteiger partial charge >= 0.3 is 12.0 Å². The van der Waals surface area contributed by atoms with Gasteiger partial charge < -0.3 is 10.4 Å². The number of aliphatic carboxylic acids is 1. The third kappa shape index (κ3) is 3.57. The molecule has 1 heterocycles. The molecule has 0 unspecified atom stereocenters. The van der Waals surface area contributed by atoms with E-state index in [0.29, 0.717) is 25.8 Å². The first kappa shape index (κ1) is 11.5. The molecule has 0 aliphatic carbocycles. The number of carbonyl (C=O) groups is 3. The second kappa shape index (κ2) is 5.33. The van der Waals surface area contributed by atoms with E-state index in [9.17, 15) is 14.4 Å². The van der Waals surface area contributed by atoms with Crippen LogP contribution in [0.1, 0.15) is 25.7 Å². The van der Waals surface area contributed by atoms with Crippen LogP contribution in [-0.4, -0.2) is 41.0 Å². The molecule has 0 aromatic heterocycles. The van der Waals surface area contributed by atoms with Crippen molar-refractivity contribution >= 4 is 17.9 Å². The van der Waals surface area contributed by atoms with E-state index in [1.54, 1.807) is 0 Å². The SMILES string of the molecule is O=C(O)CCCNC(=O)N1CCCC1=O. The molecule has 2 N–H and O–H groups in total. The van der Waals surface area contributed by atoms with Gasteiger partial charge in [-0.2, -0.15) is 0 Å². The van der Waals surface area contributed by atoms with Crippen molar-refractivity contribution in [3.63, 3.8) is 0 Å². The maximum atomic E-state index is 11.3. The van der Waals surface area contributed by atoms with Gasteiger partial charge in [-0.1, -0.05) is 0 Å². The predicted octanol–water partition coefficient (Wildman–Crippen LogP) is 0.183. The summed E-state index contributed by atoms with van der Waals surface area (Å²) in [6.45, 7) is 0.749. The minimum Gasteiger partial charge on any atom is -0.481 e. The van der Waals surface area contributed by atoms with E-state index in [-0.39, 0.29) is 18.9 Å². The fraction of sp³-hybridized carbons (Fsp3) is 0.667. The number of carboxylic acid groups (broad SMARTS) is 1. The van der Waals surface area contributed by atoms with Crippen LogP contribution < -0.4 is 5.32 Å². The molecular formula is C9H14N2O4. The summed E-state index contributed by atoms with van der Waals surface area (Å²) < 4.78 is 0. The molecule has 1 rings (SSSR count). The number of likely N-dealkylation sites (tertiary alicyclic amines) is 1. The van der Waals surface area contributed by atoms with E-state index in [0.717, 1.165) is 0 Å². The summed E-state index contributed by atoms with van der Waals surface area (Å²) in [7, 11) is 0. The second-order valence-corrected chi connectivity index (χ2v) is 3.38. The summed E-state index contributed by atoms with van der Waals surface area (Å²) in [5.41, 5.74) is 0. The van der Waals surface area contributed by atoms with E-state index in [2.05, 4.69) is 5.32 Å². The Morgan fingerprint density at radius 3 is 2.73 bits per heavy atom. The maximum Gasteiger partial charge on any atom is 0.324 e. The van der Waals surface area contributed by atoms with Crippen molar-refractivity contribution in [1.29, 1.82) is 0 Å². The van der Waals surface area contributed by atoms with E-state index in [1.165, 1.54) is 4.90 Å². The van der Waals surface area contributed by atoms with Crippen LogP contribution in [0.25, 0.3) is 0 Å². The molecule has 3 amide bonds. The van der Waals surface area contributed by atoms with Crippen molar-refractivity contribution in [2.75, 3.05) is 13.1 Å². The van der Waals surface area contributed by atoms with Gasteiger partial charge in [0.25, 0.3) is 0 Å². The third-order valence-corrected chi connectivity index (χ3v) is 2.16. The van der Waals surface area contributed by atoms with Crippen molar-refractivity contribution in [2.45, 2.75) is 25.7 Å². The van der Waals surface area contributed by atoms with Crippen molar-refractivity contribution in [3.05, 3.63) is 0 Å². The summed E-state index contributed by atoms with van der Waals surface area (Å²) in [4.78, 5) is 33.8. The highest BCUT2D eigenvalue weighted by atomic mass is 16.4. The van der Waals surface area contributed by atoms with Crippen molar-refractivity contribution < 1.29 is 19.5 Å². The van der Waals surface area contributed by atoms with E-state index < -0.39 is 12.0 Å². The lowest BCUT2D eigenvalue weighted by Gasteiger charge is -2.13. The number of hydrogen-bond acceptors (Lipinski definition) is 3. The van der Waals surface area contributed by atoms with Crippen LogP contribution in [0.5, 0.6) is 0 Å². The quantitative estimate of drug-likeness (QED) is 0.654. The molecule has 0 aromatic rings. The Morgan fingerprint density at radius 1 is 1.47 bits per heavy atom. The lowest BCUT2D eigenvalue weighted by molar-refractivity contribution is -0.137. The van der Waals surface area contributed by atoms with E-state index in [4.69, 9.17) is 5.11 Å². The van der Waals surface area contributed by atoms with Crippen LogP contribution in [0.4, 0.5) is 4.79 Å². The number of nitrogens with zero attached hydrogens (tertiary/aromatic N) is 1. The molecular weight excluding hydrogens is 200 g/mol. The van der Waals surface area contributed by atoms with E-state index >= 15 is 0 Å². The standard InChI is InChI=1S/C9H14N2O4/c12-7-3-2-6-11(7)9(15)10-5-1-4-8(13)14/h1-6H2,(H,10,15)(H,13,14). The van der Waals surface area contributed by atoms with Crippen molar-refractivity contribution in [1.82, 2.24) is 10.2 Å². The topological polar surface area (TPSA) is 86.7 Å². The highest BCUT2D eigenvalue weighted by Crippen LogP contribution is 2.09. The molecule has 1 aliphatic rings. The number of carboxylic acids is 1. The number of amides is 3. The average Bonchev–Trinajstić information content (AvgIpc) is 2.58. The third-order valence-electron chi connectivity index (χ3n) is 2.16. The van der Waals surface area contributed by atoms with Crippen LogP contribution in [-0.2, 0) is 9.59 Å². The number of rotatable bonds is 4. The Balaban J connectivity index is 2.18. The second-order valence-electron chi connectivity index (χ2n) is 3.38. The molecule has 0 radical (unpaired) electrons. The van der Waals surface area contributed by atoms with Gasteiger partial charge in [0.15, 0.2) is 0 Å². The molecule has 0 bridgehead atoms. The minimum atomic E-state index is -0.888. The van der Waals surface area contributed by atoms with Crippen LogP contribution >= 0.6 is 0 Å². The van der Waals surface area contributed by atoms with Gasteiger partial charge in [0.1, 0.15) is 0 Å². The highest BCUT2D eigenvalue weighted by Gasteiger charge is 2.25. The van der Waals surface area contributed by atoms with Crippen molar-refractivity contribution in [3.8, 4) is 0 Å². The highest BCUT2D eigenvalue weighted by molar-refractivity contribution is 5.95. The molecule has 1 fully saturated rings. The summed E-state index contributed by atoms with van der Waals surface area (Å²) >= 11 is 0. The van der Waals surface area contributed by atoms with Gasteiger partial charge in [-0.25, -0.2) is 4.79 Å². The zero-order valence-corrected chi connectivity index (χ0v) is 8.36. The Labute approximate surface area is 87.2 Å². The van der Waals surface area contributed by atoms with Gasteiger partial charge in [-0.15, -0.1) is 0 Å². The van der Waals surface area contributed by atoms with Gasteiger partial charge in [0.2, 0.25) is 5.91 Å². The minimum absolute atomic E-state index is 0.0221. The monoisotopic (exact) mass is 214 g/mol. The van der Waals surface area contributed by atoms with E-state index in [1.807, 2.05) is 0 Å². The zero-order valence-electron chi connectivity index (χ0n) is 8.36. The van der Waals surface area contributed by atoms with Crippen LogP contribution in [0, 0.1) is 0 Å². The smallest absolute Gasteiger partial charge is 0.324 e. The first-order valence-corrected chi connectivity index (χ1v) is 4.91. The Hall–Kier alpha value is -1.59. The maximum absolute atomic E-state index is 11.3. The fourth-order valence-corrected chi connectivity index (χ4v) is 1.39. The number of urea groups is 1. The van der Waals surface area contributed by atoms with Crippen LogP contribution in [0.15, 0.2) is 0 Å². The van der Waals surface area contributed by atoms with Gasteiger partial charge in [0.05, 0.1) is 0 Å². The molecule has 0 atom stereocenters. The number of hydrogen-bond donors (Lipinski definition) is 2. The van der Waals surface area contributed by atoms with Gasteiger partial charge in [-0.05, 0) is 12.8 Å². The Kier molecular flexibility index (Phi) is 4.08. The summed E-state index contributed by atoms with van der Waals surface area (Å²) in [6, 6.07) is -0.414. The molecule has 6 nitrogen and oxygen atoms in total. The zero-order chi connectivity index (χ0) is 11.3. The number of carbonyl (C=O) groups excluding carboxylic acids is 2. The van der Waals surface area contributed by atoms with Crippen molar-refractivity contribution in [2.24, 2.45) is 0 Å². The molecule has 0 saturated carbocycles. The molecule has 15 heavy (non-hydrogen) atoms. The molecule has 84 valence electrons.